The largest absolute Gasteiger partial charge is 0.327 e. The molecule has 0 spiro atoms. The smallest absolute Gasteiger partial charge is 0.0343 e. The van der Waals surface area contributed by atoms with Gasteiger partial charge < -0.3 is 5.73 Å². The van der Waals surface area contributed by atoms with Crippen LogP contribution in [-0.2, 0) is 0 Å². The Labute approximate surface area is 158 Å². The Bertz CT molecular complexity index is 764. The minimum Gasteiger partial charge on any atom is -0.327 e. The van der Waals surface area contributed by atoms with Crippen molar-refractivity contribution >= 4 is 5.57 Å². The van der Waals surface area contributed by atoms with E-state index in [0.29, 0.717) is 16.9 Å². The number of fused-ring (bicyclic) bond motifs is 5. The molecule has 2 saturated carbocycles. The van der Waals surface area contributed by atoms with Gasteiger partial charge in [-0.25, -0.2) is 0 Å². The molecule has 5 rings (SSSR count). The number of hydrogen-bond donors (Lipinski definition) is 1. The first-order valence-electron chi connectivity index (χ1n) is 10.6. The molecule has 138 valence electrons. The van der Waals surface area contributed by atoms with Crippen LogP contribution in [0.25, 0.3) is 5.57 Å². The van der Waals surface area contributed by atoms with Gasteiger partial charge in [-0.15, -0.1) is 0 Å². The summed E-state index contributed by atoms with van der Waals surface area (Å²) in [4.78, 5) is 4.39. The molecule has 0 bridgehead atoms. The van der Waals surface area contributed by atoms with E-state index >= 15 is 0 Å². The van der Waals surface area contributed by atoms with Crippen LogP contribution < -0.4 is 5.73 Å². The molecule has 0 amide bonds. The highest BCUT2D eigenvalue weighted by atomic mass is 14.7. The van der Waals surface area contributed by atoms with E-state index < -0.39 is 0 Å². The Morgan fingerprint density at radius 1 is 1.04 bits per heavy atom. The van der Waals surface area contributed by atoms with E-state index in [1.807, 2.05) is 6.20 Å². The normalized spacial score (nSPS) is 44.4. The summed E-state index contributed by atoms with van der Waals surface area (Å²) in [6, 6.07) is 4.73. The minimum absolute atomic E-state index is 0.330. The summed E-state index contributed by atoms with van der Waals surface area (Å²) in [5.41, 5.74) is 11.7. The fourth-order valence-corrected chi connectivity index (χ4v) is 7.23. The van der Waals surface area contributed by atoms with Crippen molar-refractivity contribution in [2.75, 3.05) is 0 Å². The third kappa shape index (κ3) is 2.24. The molecule has 1 aromatic rings. The van der Waals surface area contributed by atoms with Crippen LogP contribution in [0, 0.1) is 28.6 Å². The highest BCUT2D eigenvalue weighted by molar-refractivity contribution is 5.72. The molecule has 2 fully saturated rings. The van der Waals surface area contributed by atoms with Crippen molar-refractivity contribution in [3.05, 3.63) is 47.8 Å². The van der Waals surface area contributed by atoms with E-state index in [2.05, 4.69) is 49.3 Å². The Morgan fingerprint density at radius 2 is 1.88 bits per heavy atom. The Hall–Kier alpha value is -1.41. The van der Waals surface area contributed by atoms with Crippen molar-refractivity contribution in [3.8, 4) is 0 Å². The molecule has 26 heavy (non-hydrogen) atoms. The van der Waals surface area contributed by atoms with Gasteiger partial charge in [-0.1, -0.05) is 37.6 Å². The maximum atomic E-state index is 6.30. The molecular weight excluding hydrogens is 316 g/mol. The first kappa shape index (κ1) is 16.7. The monoisotopic (exact) mass is 348 g/mol. The van der Waals surface area contributed by atoms with Crippen LogP contribution in [0.2, 0.25) is 0 Å². The predicted molar refractivity (Wildman–Crippen MR) is 107 cm³/mol. The van der Waals surface area contributed by atoms with Crippen molar-refractivity contribution in [2.24, 2.45) is 34.3 Å². The summed E-state index contributed by atoms with van der Waals surface area (Å²) in [6.07, 6.45) is 18.0. The molecule has 2 nitrogen and oxygen atoms in total. The zero-order valence-corrected chi connectivity index (χ0v) is 16.2. The van der Waals surface area contributed by atoms with Gasteiger partial charge in [0.25, 0.3) is 0 Å². The van der Waals surface area contributed by atoms with Crippen LogP contribution in [-0.4, -0.2) is 11.0 Å². The van der Waals surface area contributed by atoms with Crippen LogP contribution in [0.15, 0.2) is 42.3 Å². The molecule has 2 N–H and O–H groups in total. The van der Waals surface area contributed by atoms with Gasteiger partial charge in [-0.2, -0.15) is 0 Å². The van der Waals surface area contributed by atoms with E-state index in [-0.39, 0.29) is 0 Å². The third-order valence-corrected chi connectivity index (χ3v) is 8.70. The summed E-state index contributed by atoms with van der Waals surface area (Å²) in [7, 11) is 0. The molecule has 0 radical (unpaired) electrons. The molecular formula is C24H32N2. The second kappa shape index (κ2) is 5.79. The van der Waals surface area contributed by atoms with Crippen LogP contribution in [0.4, 0.5) is 0 Å². The zero-order valence-electron chi connectivity index (χ0n) is 16.2. The summed E-state index contributed by atoms with van der Waals surface area (Å²) >= 11 is 0. The number of nitrogens with zero attached hydrogens (tertiary/aromatic N) is 1. The highest BCUT2D eigenvalue weighted by Gasteiger charge is 2.56. The number of allylic oxidation sites excluding steroid dienone is 3. The third-order valence-electron chi connectivity index (χ3n) is 8.70. The SMILES string of the molecule is C[C@]12CC[C@H](N)CC1=CC[C@@H]1[C@@H]2CC[C@]2(C)C(c3cccnc3)=CC[C@@H]12. The van der Waals surface area contributed by atoms with Crippen molar-refractivity contribution in [2.45, 2.75) is 64.8 Å². The van der Waals surface area contributed by atoms with Gasteiger partial charge in [-0.3, -0.25) is 4.98 Å². The number of hydrogen-bond acceptors (Lipinski definition) is 2. The van der Waals surface area contributed by atoms with Gasteiger partial charge in [0, 0.05) is 18.4 Å². The molecule has 0 saturated heterocycles. The average Bonchev–Trinajstić information content (AvgIpc) is 3.00. The first-order chi connectivity index (χ1) is 12.5. The lowest BCUT2D eigenvalue weighted by Gasteiger charge is -2.57. The van der Waals surface area contributed by atoms with Crippen LogP contribution in [0.5, 0.6) is 0 Å². The first-order valence-corrected chi connectivity index (χ1v) is 10.6. The summed E-state index contributed by atoms with van der Waals surface area (Å²) in [5, 5.41) is 0. The fraction of sp³-hybridized carbons (Fsp3) is 0.625. The van der Waals surface area contributed by atoms with Gasteiger partial charge in [0.15, 0.2) is 0 Å². The average molecular weight is 349 g/mol. The molecule has 0 aromatic carbocycles. The van der Waals surface area contributed by atoms with Crippen LogP contribution in [0.1, 0.15) is 64.4 Å². The Kier molecular flexibility index (Phi) is 3.73. The van der Waals surface area contributed by atoms with Gasteiger partial charge >= 0.3 is 0 Å². The zero-order chi connectivity index (χ0) is 17.9. The molecule has 6 atom stereocenters. The molecule has 4 aliphatic carbocycles. The van der Waals surface area contributed by atoms with Crippen molar-refractivity contribution < 1.29 is 0 Å². The number of aromatic nitrogens is 1. The molecule has 1 heterocycles. The van der Waals surface area contributed by atoms with Gasteiger partial charge in [0.05, 0.1) is 0 Å². The second-order valence-corrected chi connectivity index (χ2v) is 9.81. The predicted octanol–water partition coefficient (Wildman–Crippen LogP) is 5.37. The quantitative estimate of drug-likeness (QED) is 0.693. The van der Waals surface area contributed by atoms with Crippen molar-refractivity contribution in [3.63, 3.8) is 0 Å². The Morgan fingerprint density at radius 3 is 2.69 bits per heavy atom. The van der Waals surface area contributed by atoms with Crippen LogP contribution in [0.3, 0.4) is 0 Å². The minimum atomic E-state index is 0.330. The number of pyridine rings is 1. The second-order valence-electron chi connectivity index (χ2n) is 9.81. The van der Waals surface area contributed by atoms with Gasteiger partial charge in [0.2, 0.25) is 0 Å². The summed E-state index contributed by atoms with van der Waals surface area (Å²) in [6.45, 7) is 5.10. The summed E-state index contributed by atoms with van der Waals surface area (Å²) < 4.78 is 0. The Balaban J connectivity index is 1.48. The maximum Gasteiger partial charge on any atom is 0.0343 e. The number of rotatable bonds is 1. The molecule has 1 aromatic heterocycles. The topological polar surface area (TPSA) is 38.9 Å². The molecule has 0 aliphatic heterocycles. The standard InChI is InChI=1S/C24H32N2/c1-23-11-9-18(25)14-17(23)5-6-19-21-8-7-20(16-4-3-13-26-15-16)24(21,2)12-10-22(19)23/h3-5,7,13,15,18-19,21-22H,6,8-12,14,25H2,1-2H3/t18-,19-,21-,22-,23-,24+/m0/s1. The van der Waals surface area contributed by atoms with E-state index in [1.165, 1.54) is 44.1 Å². The lowest BCUT2D eigenvalue weighted by molar-refractivity contribution is -0.0113. The maximum absolute atomic E-state index is 6.30. The van der Waals surface area contributed by atoms with E-state index in [9.17, 15) is 0 Å². The van der Waals surface area contributed by atoms with Gasteiger partial charge in [0.1, 0.15) is 0 Å². The van der Waals surface area contributed by atoms with E-state index in [4.69, 9.17) is 5.73 Å². The summed E-state index contributed by atoms with van der Waals surface area (Å²) in [5.74, 6) is 2.48. The fourth-order valence-electron chi connectivity index (χ4n) is 7.23. The highest BCUT2D eigenvalue weighted by Crippen LogP contribution is 2.66. The lowest BCUT2D eigenvalue weighted by atomic mass is 9.47. The van der Waals surface area contributed by atoms with E-state index in [0.717, 1.165) is 24.2 Å². The van der Waals surface area contributed by atoms with E-state index in [1.54, 1.807) is 11.1 Å². The lowest BCUT2D eigenvalue weighted by Crippen LogP contribution is -2.50. The van der Waals surface area contributed by atoms with Gasteiger partial charge in [-0.05, 0) is 90.7 Å². The van der Waals surface area contributed by atoms with Crippen molar-refractivity contribution in [1.82, 2.24) is 4.98 Å². The molecule has 4 aliphatic rings. The molecule has 2 heteroatoms. The number of nitrogens with two attached hydrogens (primary N) is 1. The molecule has 0 unspecified atom stereocenters. The van der Waals surface area contributed by atoms with Crippen LogP contribution >= 0.6 is 0 Å². The van der Waals surface area contributed by atoms with Crippen molar-refractivity contribution in [1.29, 1.82) is 0 Å².